The second kappa shape index (κ2) is 9.84. The van der Waals surface area contributed by atoms with Crippen LogP contribution in [0.15, 0.2) is 12.2 Å². The van der Waals surface area contributed by atoms with Crippen LogP contribution in [-0.2, 0) is 4.79 Å². The maximum absolute atomic E-state index is 12.6. The number of carbonyl (C=O) groups is 3. The number of carbonyl (C=O) groups excluding carboxylic acids is 3. The summed E-state index contributed by atoms with van der Waals surface area (Å²) in [5.74, 6) is -1.34. The first-order chi connectivity index (χ1) is 12.7. The molecular weight excluding hydrogens is 350 g/mol. The molecule has 1 aromatic rings. The van der Waals surface area contributed by atoms with Crippen LogP contribution < -0.4 is 16.0 Å². The lowest BCUT2D eigenvalue weighted by Gasteiger charge is -2.22. The highest BCUT2D eigenvalue weighted by Gasteiger charge is 2.25. The Morgan fingerprint density at radius 1 is 0.852 bits per heavy atom. The topological polar surface area (TPSA) is 128 Å². The average molecular weight is 377 g/mol. The molecule has 0 saturated carbocycles. The SMILES string of the molecule is C=C(C)C(=O)Nc1c(C)c(C(=O)NCCO)c(C)c(C(=O)NCCO)c1C. The molecule has 0 atom stereocenters. The highest BCUT2D eigenvalue weighted by molar-refractivity contribution is 6.09. The lowest BCUT2D eigenvalue weighted by Crippen LogP contribution is -2.32. The van der Waals surface area contributed by atoms with E-state index >= 15 is 0 Å². The van der Waals surface area contributed by atoms with E-state index in [1.165, 1.54) is 0 Å². The molecule has 5 N–H and O–H groups in total. The number of aliphatic hydroxyl groups is 2. The summed E-state index contributed by atoms with van der Waals surface area (Å²) < 4.78 is 0. The summed E-state index contributed by atoms with van der Waals surface area (Å²) in [6.07, 6.45) is 0. The molecule has 0 aliphatic carbocycles. The van der Waals surface area contributed by atoms with Gasteiger partial charge in [-0.3, -0.25) is 14.4 Å². The van der Waals surface area contributed by atoms with E-state index in [1.807, 2.05) is 0 Å². The number of nitrogens with one attached hydrogen (secondary N) is 3. The molecule has 0 fully saturated rings. The maximum atomic E-state index is 12.6. The second-order valence-corrected chi connectivity index (χ2v) is 6.19. The molecule has 8 heteroatoms. The maximum Gasteiger partial charge on any atom is 0.252 e. The first kappa shape index (κ1) is 22.3. The van der Waals surface area contributed by atoms with Gasteiger partial charge in [0, 0.05) is 35.5 Å². The number of rotatable bonds is 8. The van der Waals surface area contributed by atoms with E-state index in [-0.39, 0.29) is 43.0 Å². The van der Waals surface area contributed by atoms with Gasteiger partial charge in [0.25, 0.3) is 17.7 Å². The minimum absolute atomic E-state index is 0.0606. The van der Waals surface area contributed by atoms with Gasteiger partial charge in [0.1, 0.15) is 0 Å². The quantitative estimate of drug-likeness (QED) is 0.423. The summed E-state index contributed by atoms with van der Waals surface area (Å²) in [7, 11) is 0. The molecule has 0 aromatic heterocycles. The monoisotopic (exact) mass is 377 g/mol. The van der Waals surface area contributed by atoms with E-state index in [2.05, 4.69) is 22.5 Å². The van der Waals surface area contributed by atoms with Crippen LogP contribution in [0.3, 0.4) is 0 Å². The average Bonchev–Trinajstić information content (AvgIpc) is 2.61. The zero-order chi connectivity index (χ0) is 20.7. The van der Waals surface area contributed by atoms with Crippen LogP contribution in [0, 0.1) is 20.8 Å². The van der Waals surface area contributed by atoms with Crippen molar-refractivity contribution in [2.75, 3.05) is 31.6 Å². The van der Waals surface area contributed by atoms with Crippen LogP contribution in [0.4, 0.5) is 5.69 Å². The first-order valence-electron chi connectivity index (χ1n) is 8.56. The minimum atomic E-state index is -0.457. The van der Waals surface area contributed by atoms with E-state index in [9.17, 15) is 14.4 Å². The summed E-state index contributed by atoms with van der Waals surface area (Å²) in [5, 5.41) is 25.8. The van der Waals surface area contributed by atoms with Gasteiger partial charge in [-0.2, -0.15) is 0 Å². The van der Waals surface area contributed by atoms with Gasteiger partial charge in [-0.05, 0) is 44.4 Å². The zero-order valence-corrected chi connectivity index (χ0v) is 16.2. The number of anilines is 1. The Balaban J connectivity index is 3.61. The lowest BCUT2D eigenvalue weighted by molar-refractivity contribution is -0.112. The molecule has 0 saturated heterocycles. The Labute approximate surface area is 158 Å². The Hall–Kier alpha value is -2.71. The Kier molecular flexibility index (Phi) is 8.14. The number of aliphatic hydroxyl groups excluding tert-OH is 2. The molecule has 0 aliphatic heterocycles. The zero-order valence-electron chi connectivity index (χ0n) is 16.2. The normalized spacial score (nSPS) is 10.3. The van der Waals surface area contributed by atoms with Crippen molar-refractivity contribution in [3.63, 3.8) is 0 Å². The predicted molar refractivity (Wildman–Crippen MR) is 103 cm³/mol. The van der Waals surface area contributed by atoms with Gasteiger partial charge in [0.05, 0.1) is 13.2 Å². The van der Waals surface area contributed by atoms with Gasteiger partial charge in [0.15, 0.2) is 0 Å². The van der Waals surface area contributed by atoms with Crippen LogP contribution in [0.2, 0.25) is 0 Å². The Morgan fingerprint density at radius 2 is 1.26 bits per heavy atom. The standard InChI is InChI=1S/C19H27N3O5/c1-10(2)17(25)22-16-12(4)14(18(26)20-6-8-23)11(3)15(13(16)5)19(27)21-7-9-24/h23-24H,1,6-9H2,2-5H3,(H,20,26)(H,21,27)(H,22,25). The molecule has 148 valence electrons. The van der Waals surface area contributed by atoms with E-state index in [0.29, 0.717) is 22.4 Å². The predicted octanol–water partition coefficient (Wildman–Crippen LogP) is 0.571. The van der Waals surface area contributed by atoms with Crippen LogP contribution in [-0.4, -0.2) is 54.2 Å². The number of amides is 3. The fourth-order valence-corrected chi connectivity index (χ4v) is 2.82. The highest BCUT2D eigenvalue weighted by atomic mass is 16.3. The third-order valence-electron chi connectivity index (χ3n) is 4.12. The summed E-state index contributed by atoms with van der Waals surface area (Å²) >= 11 is 0. The van der Waals surface area contributed by atoms with Crippen molar-refractivity contribution in [2.45, 2.75) is 27.7 Å². The molecule has 0 aliphatic rings. The highest BCUT2D eigenvalue weighted by Crippen LogP contribution is 2.31. The van der Waals surface area contributed by atoms with Crippen LogP contribution >= 0.6 is 0 Å². The van der Waals surface area contributed by atoms with E-state index < -0.39 is 17.7 Å². The third-order valence-corrected chi connectivity index (χ3v) is 4.12. The Bertz CT molecular complexity index is 724. The first-order valence-corrected chi connectivity index (χ1v) is 8.56. The van der Waals surface area contributed by atoms with Crippen molar-refractivity contribution >= 4 is 23.4 Å². The summed E-state index contributed by atoms with van der Waals surface area (Å²) in [6.45, 7) is 9.83. The van der Waals surface area contributed by atoms with Gasteiger partial charge in [-0.25, -0.2) is 0 Å². The van der Waals surface area contributed by atoms with Gasteiger partial charge in [-0.15, -0.1) is 0 Å². The molecule has 0 unspecified atom stereocenters. The van der Waals surface area contributed by atoms with Gasteiger partial charge in [0.2, 0.25) is 0 Å². The second-order valence-electron chi connectivity index (χ2n) is 6.19. The Morgan fingerprint density at radius 3 is 1.59 bits per heavy atom. The summed E-state index contributed by atoms with van der Waals surface area (Å²) in [4.78, 5) is 37.3. The molecule has 8 nitrogen and oxygen atoms in total. The van der Waals surface area contributed by atoms with Gasteiger partial charge in [-0.1, -0.05) is 6.58 Å². The van der Waals surface area contributed by atoms with Crippen LogP contribution in [0.5, 0.6) is 0 Å². The smallest absolute Gasteiger partial charge is 0.252 e. The van der Waals surface area contributed by atoms with Crippen LogP contribution in [0.25, 0.3) is 0 Å². The van der Waals surface area contributed by atoms with E-state index in [4.69, 9.17) is 10.2 Å². The number of benzene rings is 1. The van der Waals surface area contributed by atoms with Crippen molar-refractivity contribution in [2.24, 2.45) is 0 Å². The molecule has 0 heterocycles. The molecule has 27 heavy (non-hydrogen) atoms. The molecule has 1 rings (SSSR count). The van der Waals surface area contributed by atoms with Crippen molar-refractivity contribution in [1.29, 1.82) is 0 Å². The summed E-state index contributed by atoms with van der Waals surface area (Å²) in [6, 6.07) is 0. The van der Waals surface area contributed by atoms with E-state index in [0.717, 1.165) is 0 Å². The van der Waals surface area contributed by atoms with Crippen LogP contribution in [0.1, 0.15) is 44.3 Å². The minimum Gasteiger partial charge on any atom is -0.395 e. The van der Waals surface area contributed by atoms with Crippen molar-refractivity contribution in [3.8, 4) is 0 Å². The molecule has 0 spiro atoms. The van der Waals surface area contributed by atoms with E-state index in [1.54, 1.807) is 27.7 Å². The molecule has 0 radical (unpaired) electrons. The van der Waals surface area contributed by atoms with Crippen molar-refractivity contribution in [3.05, 3.63) is 40.0 Å². The molecule has 1 aromatic carbocycles. The fourth-order valence-electron chi connectivity index (χ4n) is 2.82. The van der Waals surface area contributed by atoms with Crippen molar-refractivity contribution < 1.29 is 24.6 Å². The van der Waals surface area contributed by atoms with Gasteiger partial charge < -0.3 is 26.2 Å². The molecule has 0 bridgehead atoms. The third kappa shape index (κ3) is 5.15. The van der Waals surface area contributed by atoms with Crippen molar-refractivity contribution in [1.82, 2.24) is 10.6 Å². The van der Waals surface area contributed by atoms with Gasteiger partial charge >= 0.3 is 0 Å². The largest absolute Gasteiger partial charge is 0.395 e. The fraction of sp³-hybridized carbons (Fsp3) is 0.421. The number of hydrogen-bond donors (Lipinski definition) is 5. The summed E-state index contributed by atoms with van der Waals surface area (Å²) in [5.41, 5.74) is 2.61. The number of hydrogen-bond acceptors (Lipinski definition) is 5. The molecular formula is C19H27N3O5. The molecule has 3 amide bonds. The lowest BCUT2D eigenvalue weighted by atomic mass is 9.90.